The van der Waals surface area contributed by atoms with Crippen LogP contribution < -0.4 is 4.72 Å². The number of sulfonamides is 1. The number of benzene rings is 2. The lowest BCUT2D eigenvalue weighted by atomic mass is 10.1. The first-order valence-electron chi connectivity index (χ1n) is 7.30. The van der Waals surface area contributed by atoms with Gasteiger partial charge in [-0.25, -0.2) is 13.4 Å². The third kappa shape index (κ3) is 3.13. The fourth-order valence-electron chi connectivity index (χ4n) is 2.45. The Balaban J connectivity index is 1.71. The minimum atomic E-state index is -3.77. The van der Waals surface area contributed by atoms with E-state index in [1.807, 2.05) is 18.4 Å². The number of hydrogen-bond acceptors (Lipinski definition) is 7. The molecule has 1 N–H and O–H groups in total. The molecule has 2 aromatic heterocycles. The van der Waals surface area contributed by atoms with Crippen LogP contribution in [0.2, 0.25) is 0 Å². The minimum absolute atomic E-state index is 0.119. The van der Waals surface area contributed by atoms with E-state index in [1.165, 1.54) is 6.07 Å². The maximum Gasteiger partial charge on any atom is 0.264 e. The summed E-state index contributed by atoms with van der Waals surface area (Å²) in [6.45, 7) is 1.93. The molecule has 0 fully saturated rings. The molecule has 4 aromatic rings. The van der Waals surface area contributed by atoms with Crippen LogP contribution in [0.25, 0.3) is 22.3 Å². The molecule has 0 unspecified atom stereocenters. The molecule has 0 aliphatic carbocycles. The van der Waals surface area contributed by atoms with Crippen molar-refractivity contribution in [2.75, 3.05) is 4.72 Å². The highest BCUT2D eigenvalue weighted by Crippen LogP contribution is 2.27. The standard InChI is InChI=1S/C16H12N4O2S3/c1-10-17-14(9-23-10)11-4-2-5-12(8-11)20-25(21,22)15-7-3-6-13-16(15)19-24-18-13/h2-9,20H,1H3. The van der Waals surface area contributed by atoms with Gasteiger partial charge in [0.25, 0.3) is 10.0 Å². The fourth-order valence-corrected chi connectivity index (χ4v) is 4.89. The summed E-state index contributed by atoms with van der Waals surface area (Å²) in [5, 5.41) is 2.91. The van der Waals surface area contributed by atoms with Gasteiger partial charge in [-0.3, -0.25) is 4.72 Å². The first-order chi connectivity index (χ1) is 12.0. The number of aromatic nitrogens is 3. The lowest BCUT2D eigenvalue weighted by molar-refractivity contribution is 0.602. The molecule has 2 aromatic carbocycles. The molecule has 6 nitrogen and oxygen atoms in total. The Morgan fingerprint density at radius 1 is 1.08 bits per heavy atom. The van der Waals surface area contributed by atoms with E-state index >= 15 is 0 Å². The van der Waals surface area contributed by atoms with E-state index in [-0.39, 0.29) is 4.90 Å². The Morgan fingerprint density at radius 3 is 2.72 bits per heavy atom. The van der Waals surface area contributed by atoms with Crippen LogP contribution in [0.3, 0.4) is 0 Å². The van der Waals surface area contributed by atoms with Gasteiger partial charge in [0.15, 0.2) is 0 Å². The average Bonchev–Trinajstić information content (AvgIpc) is 3.23. The molecule has 9 heteroatoms. The average molecular weight is 388 g/mol. The van der Waals surface area contributed by atoms with Crippen molar-refractivity contribution in [2.24, 2.45) is 0 Å². The summed E-state index contributed by atoms with van der Waals surface area (Å²) >= 11 is 2.55. The number of nitrogens with zero attached hydrogens (tertiary/aromatic N) is 3. The van der Waals surface area contributed by atoms with Gasteiger partial charge in [-0.05, 0) is 31.2 Å². The van der Waals surface area contributed by atoms with Gasteiger partial charge < -0.3 is 0 Å². The molecule has 0 amide bonds. The Labute approximate surface area is 152 Å². The van der Waals surface area contributed by atoms with Crippen LogP contribution >= 0.6 is 23.1 Å². The van der Waals surface area contributed by atoms with Crippen molar-refractivity contribution >= 4 is 49.8 Å². The van der Waals surface area contributed by atoms with Crippen LogP contribution in [0.15, 0.2) is 52.7 Å². The van der Waals surface area contributed by atoms with Gasteiger partial charge in [-0.1, -0.05) is 18.2 Å². The summed E-state index contributed by atoms with van der Waals surface area (Å²) in [7, 11) is -3.77. The van der Waals surface area contributed by atoms with Gasteiger partial charge in [0, 0.05) is 16.6 Å². The number of thiazole rings is 1. The van der Waals surface area contributed by atoms with Crippen molar-refractivity contribution in [1.29, 1.82) is 0 Å². The summed E-state index contributed by atoms with van der Waals surface area (Å²) < 4.78 is 36.4. The van der Waals surface area contributed by atoms with E-state index in [0.29, 0.717) is 16.7 Å². The van der Waals surface area contributed by atoms with Crippen molar-refractivity contribution in [3.8, 4) is 11.3 Å². The van der Waals surface area contributed by atoms with Crippen LogP contribution in [-0.4, -0.2) is 22.1 Å². The summed E-state index contributed by atoms with van der Waals surface area (Å²) in [5.74, 6) is 0. The molecule has 2 heterocycles. The van der Waals surface area contributed by atoms with Crippen molar-refractivity contribution < 1.29 is 8.42 Å². The molecular weight excluding hydrogens is 376 g/mol. The normalized spacial score (nSPS) is 11.7. The number of fused-ring (bicyclic) bond motifs is 1. The molecule has 126 valence electrons. The molecule has 0 saturated heterocycles. The molecule has 0 atom stereocenters. The van der Waals surface area contributed by atoms with Gasteiger partial charge in [0.05, 0.1) is 22.4 Å². The first kappa shape index (κ1) is 16.1. The summed E-state index contributed by atoms with van der Waals surface area (Å²) in [6.07, 6.45) is 0. The zero-order chi connectivity index (χ0) is 17.4. The minimum Gasteiger partial charge on any atom is -0.280 e. The van der Waals surface area contributed by atoms with E-state index in [1.54, 1.807) is 41.7 Å². The molecule has 0 spiro atoms. The van der Waals surface area contributed by atoms with E-state index in [9.17, 15) is 8.42 Å². The quantitative estimate of drug-likeness (QED) is 0.573. The molecule has 0 aliphatic heterocycles. The van der Waals surface area contributed by atoms with Gasteiger partial charge in [-0.15, -0.1) is 11.3 Å². The Kier molecular flexibility index (Phi) is 3.98. The number of nitrogens with one attached hydrogen (secondary N) is 1. The van der Waals surface area contributed by atoms with Gasteiger partial charge in [-0.2, -0.15) is 8.75 Å². The maximum atomic E-state index is 12.8. The Morgan fingerprint density at radius 2 is 1.92 bits per heavy atom. The topological polar surface area (TPSA) is 84.8 Å². The molecule has 0 bridgehead atoms. The van der Waals surface area contributed by atoms with Crippen molar-refractivity contribution in [2.45, 2.75) is 11.8 Å². The monoisotopic (exact) mass is 388 g/mol. The predicted molar refractivity (Wildman–Crippen MR) is 101 cm³/mol. The second-order valence-corrected chi connectivity index (χ2v) is 8.57. The molecule has 0 radical (unpaired) electrons. The second kappa shape index (κ2) is 6.17. The molecule has 25 heavy (non-hydrogen) atoms. The van der Waals surface area contributed by atoms with Crippen molar-refractivity contribution in [3.05, 3.63) is 52.9 Å². The molecular formula is C16H12N4O2S3. The largest absolute Gasteiger partial charge is 0.280 e. The third-order valence-electron chi connectivity index (χ3n) is 3.57. The number of anilines is 1. The molecule has 0 saturated carbocycles. The Hall–Kier alpha value is -2.36. The summed E-state index contributed by atoms with van der Waals surface area (Å²) in [6, 6.07) is 12.1. The molecule has 0 aliphatic rings. The van der Waals surface area contributed by atoms with Crippen LogP contribution in [0.1, 0.15) is 5.01 Å². The SMILES string of the molecule is Cc1nc(-c2cccc(NS(=O)(=O)c3cccc4nsnc34)c2)cs1. The second-order valence-electron chi connectivity index (χ2n) is 5.33. The van der Waals surface area contributed by atoms with Crippen molar-refractivity contribution in [3.63, 3.8) is 0 Å². The number of hydrogen-bond donors (Lipinski definition) is 1. The Bertz CT molecular complexity index is 1160. The number of rotatable bonds is 4. The van der Waals surface area contributed by atoms with Crippen LogP contribution in [0, 0.1) is 6.92 Å². The highest BCUT2D eigenvalue weighted by Gasteiger charge is 2.20. The predicted octanol–water partition coefficient (Wildman–Crippen LogP) is 3.92. The highest BCUT2D eigenvalue weighted by molar-refractivity contribution is 7.93. The fraction of sp³-hybridized carbons (Fsp3) is 0.0625. The smallest absolute Gasteiger partial charge is 0.264 e. The summed E-state index contributed by atoms with van der Waals surface area (Å²) in [4.78, 5) is 4.55. The van der Waals surface area contributed by atoms with Gasteiger partial charge in [0.2, 0.25) is 0 Å². The zero-order valence-corrected chi connectivity index (χ0v) is 15.5. The zero-order valence-electron chi connectivity index (χ0n) is 13.0. The van der Waals surface area contributed by atoms with E-state index in [2.05, 4.69) is 18.5 Å². The third-order valence-corrected chi connectivity index (χ3v) is 6.30. The maximum absolute atomic E-state index is 12.8. The first-order valence-corrected chi connectivity index (χ1v) is 10.4. The summed E-state index contributed by atoms with van der Waals surface area (Å²) in [5.41, 5.74) is 3.11. The van der Waals surface area contributed by atoms with Crippen LogP contribution in [0.5, 0.6) is 0 Å². The van der Waals surface area contributed by atoms with Gasteiger partial charge >= 0.3 is 0 Å². The lowest BCUT2D eigenvalue weighted by Gasteiger charge is -2.09. The van der Waals surface area contributed by atoms with E-state index in [4.69, 9.17) is 0 Å². The van der Waals surface area contributed by atoms with Crippen LogP contribution in [0.4, 0.5) is 5.69 Å². The van der Waals surface area contributed by atoms with Gasteiger partial charge in [0.1, 0.15) is 15.9 Å². The number of aryl methyl sites for hydroxylation is 1. The lowest BCUT2D eigenvalue weighted by Crippen LogP contribution is -2.13. The van der Waals surface area contributed by atoms with E-state index in [0.717, 1.165) is 28.0 Å². The van der Waals surface area contributed by atoms with Crippen molar-refractivity contribution in [1.82, 2.24) is 13.7 Å². The highest BCUT2D eigenvalue weighted by atomic mass is 32.2. The van der Waals surface area contributed by atoms with Crippen LogP contribution in [-0.2, 0) is 10.0 Å². The van der Waals surface area contributed by atoms with E-state index < -0.39 is 10.0 Å². The molecule has 4 rings (SSSR count).